The number of hydrogen-bond donors (Lipinski definition) is 3. The fourth-order valence-electron chi connectivity index (χ4n) is 3.04. The summed E-state index contributed by atoms with van der Waals surface area (Å²) >= 11 is 10.8. The molecule has 0 saturated heterocycles. The topological polar surface area (TPSA) is 73.1 Å². The summed E-state index contributed by atoms with van der Waals surface area (Å²) in [6.45, 7) is 3.82. The number of aromatic hydroxyl groups is 1. The van der Waals surface area contributed by atoms with Gasteiger partial charge in [-0.2, -0.15) is 5.26 Å². The maximum atomic E-state index is 12.6. The van der Waals surface area contributed by atoms with Crippen molar-refractivity contribution >= 4 is 35.8 Å². The number of phenols is 1. The zero-order valence-electron chi connectivity index (χ0n) is 15.9. The Labute approximate surface area is 180 Å². The second kappa shape index (κ2) is 8.60. The maximum absolute atomic E-state index is 12.6. The number of phenolic OH excluding ortho intramolecular Hbond substituents is 1. The van der Waals surface area contributed by atoms with E-state index in [2.05, 4.69) is 24.0 Å². The first-order chi connectivity index (χ1) is 13.8. The molecule has 0 saturated carbocycles. The SMILES string of the molecule is Cc1ccc(C(C#N)c2cc(C)c(NC(=O)c3cc(O)ccc3S)cc2Cl)cc1. The van der Waals surface area contributed by atoms with Crippen LogP contribution in [-0.4, -0.2) is 11.0 Å². The molecule has 0 aliphatic heterocycles. The summed E-state index contributed by atoms with van der Waals surface area (Å²) in [6, 6.07) is 17.9. The molecular weight excluding hydrogens is 404 g/mol. The number of amides is 1. The number of nitriles is 1. The highest BCUT2D eigenvalue weighted by atomic mass is 35.5. The van der Waals surface area contributed by atoms with Crippen LogP contribution in [0.1, 0.15) is 38.5 Å². The van der Waals surface area contributed by atoms with E-state index >= 15 is 0 Å². The van der Waals surface area contributed by atoms with E-state index in [4.69, 9.17) is 11.6 Å². The molecule has 1 unspecified atom stereocenters. The molecule has 0 aromatic heterocycles. The zero-order valence-corrected chi connectivity index (χ0v) is 17.6. The van der Waals surface area contributed by atoms with Crippen LogP contribution in [0, 0.1) is 25.2 Å². The van der Waals surface area contributed by atoms with Crippen molar-refractivity contribution in [2.24, 2.45) is 0 Å². The van der Waals surface area contributed by atoms with Gasteiger partial charge in [-0.25, -0.2) is 0 Å². The first kappa shape index (κ1) is 20.8. The van der Waals surface area contributed by atoms with Gasteiger partial charge in [-0.05, 0) is 54.8 Å². The molecular formula is C23H19ClN2O2S. The number of thiol groups is 1. The van der Waals surface area contributed by atoms with E-state index in [0.717, 1.165) is 16.7 Å². The van der Waals surface area contributed by atoms with Crippen molar-refractivity contribution in [1.29, 1.82) is 5.26 Å². The van der Waals surface area contributed by atoms with Crippen LogP contribution in [0.2, 0.25) is 5.02 Å². The number of carbonyl (C=O) groups is 1. The van der Waals surface area contributed by atoms with Gasteiger partial charge in [0.1, 0.15) is 5.75 Å². The van der Waals surface area contributed by atoms with Crippen LogP contribution in [0.25, 0.3) is 0 Å². The first-order valence-corrected chi connectivity index (χ1v) is 9.72. The second-order valence-corrected chi connectivity index (χ2v) is 7.71. The zero-order chi connectivity index (χ0) is 21.1. The molecule has 2 N–H and O–H groups in total. The minimum absolute atomic E-state index is 0.0204. The molecule has 1 amide bonds. The quantitative estimate of drug-likeness (QED) is 0.461. The highest BCUT2D eigenvalue weighted by molar-refractivity contribution is 7.80. The lowest BCUT2D eigenvalue weighted by molar-refractivity contribution is 0.102. The summed E-state index contributed by atoms with van der Waals surface area (Å²) in [7, 11) is 0. The van der Waals surface area contributed by atoms with Crippen LogP contribution in [0.3, 0.4) is 0 Å². The van der Waals surface area contributed by atoms with Crippen molar-refractivity contribution in [2.45, 2.75) is 24.7 Å². The Morgan fingerprint density at radius 3 is 2.48 bits per heavy atom. The van der Waals surface area contributed by atoms with E-state index in [1.165, 1.54) is 12.1 Å². The van der Waals surface area contributed by atoms with E-state index in [0.29, 0.717) is 21.2 Å². The Kier molecular flexibility index (Phi) is 6.17. The summed E-state index contributed by atoms with van der Waals surface area (Å²) in [4.78, 5) is 13.1. The molecule has 3 rings (SSSR count). The third kappa shape index (κ3) is 4.56. The minimum atomic E-state index is -0.512. The van der Waals surface area contributed by atoms with Crippen molar-refractivity contribution in [1.82, 2.24) is 0 Å². The number of halogens is 1. The number of nitrogens with zero attached hydrogens (tertiary/aromatic N) is 1. The first-order valence-electron chi connectivity index (χ1n) is 8.89. The number of carbonyl (C=O) groups excluding carboxylic acids is 1. The predicted molar refractivity (Wildman–Crippen MR) is 118 cm³/mol. The van der Waals surface area contributed by atoms with Gasteiger partial charge in [0.15, 0.2) is 0 Å². The molecule has 146 valence electrons. The van der Waals surface area contributed by atoms with Crippen molar-refractivity contribution in [3.63, 3.8) is 0 Å². The molecule has 6 heteroatoms. The van der Waals surface area contributed by atoms with Gasteiger partial charge in [0, 0.05) is 15.6 Å². The highest BCUT2D eigenvalue weighted by Gasteiger charge is 2.19. The maximum Gasteiger partial charge on any atom is 0.256 e. The van der Waals surface area contributed by atoms with E-state index in [1.54, 1.807) is 12.1 Å². The Morgan fingerprint density at radius 1 is 1.14 bits per heavy atom. The van der Waals surface area contributed by atoms with Crippen LogP contribution in [-0.2, 0) is 0 Å². The van der Waals surface area contributed by atoms with Crippen molar-refractivity contribution in [3.05, 3.63) is 87.4 Å². The lowest BCUT2D eigenvalue weighted by atomic mass is 9.90. The largest absolute Gasteiger partial charge is 0.508 e. The summed E-state index contributed by atoms with van der Waals surface area (Å²) < 4.78 is 0. The molecule has 0 aliphatic rings. The third-order valence-electron chi connectivity index (χ3n) is 4.67. The average molecular weight is 423 g/mol. The van der Waals surface area contributed by atoms with E-state index in [-0.39, 0.29) is 11.3 Å². The van der Waals surface area contributed by atoms with Gasteiger partial charge in [-0.15, -0.1) is 12.6 Å². The molecule has 0 spiro atoms. The predicted octanol–water partition coefficient (Wildman–Crippen LogP) is 5.86. The molecule has 0 aliphatic carbocycles. The summed E-state index contributed by atoms with van der Waals surface area (Å²) in [5.74, 6) is -0.942. The van der Waals surface area contributed by atoms with Crippen LogP contribution in [0.4, 0.5) is 5.69 Å². The van der Waals surface area contributed by atoms with Crippen LogP contribution >= 0.6 is 24.2 Å². The monoisotopic (exact) mass is 422 g/mol. The Balaban J connectivity index is 1.93. The van der Waals surface area contributed by atoms with E-state index < -0.39 is 11.8 Å². The normalized spacial score (nSPS) is 11.6. The number of hydrogen-bond acceptors (Lipinski definition) is 4. The van der Waals surface area contributed by atoms with Gasteiger partial charge in [-0.1, -0.05) is 47.5 Å². The van der Waals surface area contributed by atoms with Crippen LogP contribution < -0.4 is 5.32 Å². The van der Waals surface area contributed by atoms with Gasteiger partial charge >= 0.3 is 0 Å². The highest BCUT2D eigenvalue weighted by Crippen LogP contribution is 2.34. The van der Waals surface area contributed by atoms with Gasteiger partial charge in [-0.3, -0.25) is 4.79 Å². The minimum Gasteiger partial charge on any atom is -0.508 e. The Bertz CT molecular complexity index is 1120. The average Bonchev–Trinajstić information content (AvgIpc) is 2.69. The summed E-state index contributed by atoms with van der Waals surface area (Å²) in [5, 5.41) is 22.6. The number of anilines is 1. The fraction of sp³-hybridized carbons (Fsp3) is 0.130. The summed E-state index contributed by atoms with van der Waals surface area (Å²) in [6.07, 6.45) is 0. The molecule has 0 radical (unpaired) electrons. The van der Waals surface area contributed by atoms with Crippen LogP contribution in [0.5, 0.6) is 5.75 Å². The molecule has 29 heavy (non-hydrogen) atoms. The molecule has 0 fully saturated rings. The standard InChI is InChI=1S/C23H19ClN2O2S/c1-13-3-5-15(6-4-13)19(12-25)17-9-14(2)21(11-20(17)24)26-23(28)18-10-16(27)7-8-22(18)29/h3-11,19,27,29H,1-2H3,(H,26,28). The second-order valence-electron chi connectivity index (χ2n) is 6.82. The van der Waals surface area contributed by atoms with Gasteiger partial charge in [0.25, 0.3) is 5.91 Å². The van der Waals surface area contributed by atoms with Crippen molar-refractivity contribution in [3.8, 4) is 11.8 Å². The smallest absolute Gasteiger partial charge is 0.256 e. The number of nitrogens with one attached hydrogen (secondary N) is 1. The number of aryl methyl sites for hydroxylation is 2. The molecule has 0 heterocycles. The molecule has 0 bridgehead atoms. The van der Waals surface area contributed by atoms with Crippen molar-refractivity contribution in [2.75, 3.05) is 5.32 Å². The summed E-state index contributed by atoms with van der Waals surface area (Å²) in [5.41, 5.74) is 4.20. The molecule has 3 aromatic rings. The molecule has 1 atom stereocenters. The molecule has 4 nitrogen and oxygen atoms in total. The number of benzene rings is 3. The number of rotatable bonds is 4. The van der Waals surface area contributed by atoms with Gasteiger partial charge in [0.05, 0.1) is 17.6 Å². The van der Waals surface area contributed by atoms with Crippen molar-refractivity contribution < 1.29 is 9.90 Å². The Morgan fingerprint density at radius 2 is 1.83 bits per heavy atom. The fourth-order valence-corrected chi connectivity index (χ4v) is 3.55. The van der Waals surface area contributed by atoms with Gasteiger partial charge < -0.3 is 10.4 Å². The Hall–Kier alpha value is -2.94. The van der Waals surface area contributed by atoms with E-state index in [9.17, 15) is 15.2 Å². The van der Waals surface area contributed by atoms with Crippen LogP contribution in [0.15, 0.2) is 59.5 Å². The van der Waals surface area contributed by atoms with Gasteiger partial charge in [0.2, 0.25) is 0 Å². The third-order valence-corrected chi connectivity index (χ3v) is 5.38. The lowest BCUT2D eigenvalue weighted by Crippen LogP contribution is -2.14. The molecule has 3 aromatic carbocycles. The lowest BCUT2D eigenvalue weighted by Gasteiger charge is -2.16. The van der Waals surface area contributed by atoms with E-state index in [1.807, 2.05) is 44.2 Å².